The lowest BCUT2D eigenvalue weighted by Crippen LogP contribution is -1.95. The van der Waals surface area contributed by atoms with Crippen LogP contribution in [-0.2, 0) is 0 Å². The third kappa shape index (κ3) is 2.01. The highest BCUT2D eigenvalue weighted by molar-refractivity contribution is 7.71. The number of imidazole rings is 1. The Morgan fingerprint density at radius 2 is 2.05 bits per heavy atom. The van der Waals surface area contributed by atoms with Crippen molar-refractivity contribution >= 4 is 34.9 Å². The van der Waals surface area contributed by atoms with Crippen LogP contribution in [0.1, 0.15) is 5.56 Å². The number of H-pyrrole nitrogens is 1. The van der Waals surface area contributed by atoms with E-state index in [1.54, 1.807) is 7.11 Å². The first kappa shape index (κ1) is 13.2. The van der Waals surface area contributed by atoms with Crippen molar-refractivity contribution in [1.29, 1.82) is 0 Å². The van der Waals surface area contributed by atoms with Crippen molar-refractivity contribution in [1.82, 2.24) is 9.55 Å². The molecule has 0 aliphatic carbocycles. The van der Waals surface area contributed by atoms with Gasteiger partial charge in [-0.2, -0.15) is 0 Å². The molecule has 1 N–H and O–H groups in total. The van der Waals surface area contributed by atoms with Crippen LogP contribution in [0.15, 0.2) is 36.4 Å². The predicted molar refractivity (Wildman–Crippen MR) is 84.8 cm³/mol. The summed E-state index contributed by atoms with van der Waals surface area (Å²) >= 11 is 11.6. The Morgan fingerprint density at radius 1 is 1.25 bits per heavy atom. The number of nitrogens with one attached hydrogen (secondary N) is 1. The van der Waals surface area contributed by atoms with Crippen LogP contribution in [-0.4, -0.2) is 16.7 Å². The van der Waals surface area contributed by atoms with Crippen LogP contribution in [0.3, 0.4) is 0 Å². The first-order valence-corrected chi connectivity index (χ1v) is 6.94. The van der Waals surface area contributed by atoms with Crippen molar-refractivity contribution in [2.24, 2.45) is 0 Å². The maximum atomic E-state index is 6.20. The van der Waals surface area contributed by atoms with Gasteiger partial charge in [-0.25, -0.2) is 0 Å². The summed E-state index contributed by atoms with van der Waals surface area (Å²) in [5.41, 5.74) is 4.16. The van der Waals surface area contributed by atoms with Crippen molar-refractivity contribution in [3.05, 3.63) is 51.8 Å². The second-order valence-electron chi connectivity index (χ2n) is 4.55. The van der Waals surface area contributed by atoms with Crippen LogP contribution < -0.4 is 4.74 Å². The van der Waals surface area contributed by atoms with Gasteiger partial charge in [0.1, 0.15) is 5.75 Å². The summed E-state index contributed by atoms with van der Waals surface area (Å²) in [4.78, 5) is 3.25. The smallest absolute Gasteiger partial charge is 0.182 e. The molecule has 0 unspecified atom stereocenters. The molecule has 1 aromatic heterocycles. The quantitative estimate of drug-likeness (QED) is 0.698. The molecule has 0 atom stereocenters. The highest BCUT2D eigenvalue weighted by atomic mass is 35.5. The number of benzene rings is 2. The highest BCUT2D eigenvalue weighted by Crippen LogP contribution is 2.29. The van der Waals surface area contributed by atoms with Crippen molar-refractivity contribution < 1.29 is 4.74 Å². The molecule has 20 heavy (non-hydrogen) atoms. The fourth-order valence-corrected chi connectivity index (χ4v) is 2.88. The molecule has 2 aromatic carbocycles. The number of hydrogen-bond donors (Lipinski definition) is 1. The number of rotatable bonds is 2. The van der Waals surface area contributed by atoms with E-state index in [0.717, 1.165) is 22.3 Å². The van der Waals surface area contributed by atoms with Crippen molar-refractivity contribution in [2.45, 2.75) is 6.92 Å². The lowest BCUT2D eigenvalue weighted by Gasteiger charge is -2.08. The van der Waals surface area contributed by atoms with E-state index in [4.69, 9.17) is 28.6 Å². The van der Waals surface area contributed by atoms with Crippen LogP contribution in [0, 0.1) is 11.7 Å². The van der Waals surface area contributed by atoms with E-state index in [0.29, 0.717) is 15.5 Å². The van der Waals surface area contributed by atoms with Gasteiger partial charge in [-0.3, -0.25) is 4.57 Å². The van der Waals surface area contributed by atoms with E-state index in [2.05, 4.69) is 18.0 Å². The number of aromatic nitrogens is 2. The molecule has 3 nitrogen and oxygen atoms in total. The van der Waals surface area contributed by atoms with Gasteiger partial charge >= 0.3 is 0 Å². The molecule has 0 saturated heterocycles. The van der Waals surface area contributed by atoms with E-state index in [-0.39, 0.29) is 0 Å². The van der Waals surface area contributed by atoms with Crippen molar-refractivity contribution in [3.63, 3.8) is 0 Å². The molecule has 0 aliphatic rings. The van der Waals surface area contributed by atoms with E-state index in [1.165, 1.54) is 0 Å². The van der Waals surface area contributed by atoms with Crippen LogP contribution in [0.5, 0.6) is 5.75 Å². The number of aromatic amines is 1. The monoisotopic (exact) mass is 304 g/mol. The number of hydrogen-bond acceptors (Lipinski definition) is 2. The predicted octanol–water partition coefficient (Wildman–Crippen LogP) is 4.66. The lowest BCUT2D eigenvalue weighted by molar-refractivity contribution is 0.415. The zero-order valence-electron chi connectivity index (χ0n) is 11.1. The maximum Gasteiger partial charge on any atom is 0.182 e. The standard InChI is InChI=1S/C15H13ClN2OS/c1-9-4-3-5-12-14(9)17-15(20)18(12)10-6-7-13(19-2)11(16)8-10/h3-8H,1-2H3,(H,17,20). The first-order chi connectivity index (χ1) is 9.61. The SMILES string of the molecule is COc1ccc(-n2c(=S)[nH]c3c(C)cccc32)cc1Cl. The molecule has 0 spiro atoms. The molecule has 3 aromatic rings. The molecule has 0 bridgehead atoms. The minimum Gasteiger partial charge on any atom is -0.495 e. The summed E-state index contributed by atoms with van der Waals surface area (Å²) < 4.78 is 7.80. The third-order valence-electron chi connectivity index (χ3n) is 3.32. The molecule has 5 heteroatoms. The van der Waals surface area contributed by atoms with Gasteiger partial charge in [0.05, 0.1) is 28.9 Å². The van der Waals surface area contributed by atoms with Gasteiger partial charge in [0, 0.05) is 0 Å². The van der Waals surface area contributed by atoms with Gasteiger partial charge in [-0.1, -0.05) is 23.7 Å². The number of methoxy groups -OCH3 is 1. The Kier molecular flexibility index (Phi) is 3.28. The molecule has 0 saturated carbocycles. The zero-order chi connectivity index (χ0) is 14.3. The number of halogens is 1. The van der Waals surface area contributed by atoms with Gasteiger partial charge in [0.15, 0.2) is 4.77 Å². The van der Waals surface area contributed by atoms with Gasteiger partial charge in [0.25, 0.3) is 0 Å². The molecule has 0 aliphatic heterocycles. The van der Waals surface area contributed by atoms with Gasteiger partial charge in [0.2, 0.25) is 0 Å². The largest absolute Gasteiger partial charge is 0.495 e. The lowest BCUT2D eigenvalue weighted by atomic mass is 10.2. The number of aryl methyl sites for hydroxylation is 1. The van der Waals surface area contributed by atoms with Gasteiger partial charge in [-0.05, 0) is 49.0 Å². The van der Waals surface area contributed by atoms with Gasteiger partial charge in [-0.15, -0.1) is 0 Å². The summed E-state index contributed by atoms with van der Waals surface area (Å²) in [7, 11) is 1.60. The molecule has 0 radical (unpaired) electrons. The topological polar surface area (TPSA) is 29.9 Å². The molecule has 0 fully saturated rings. The molecular weight excluding hydrogens is 292 g/mol. The van der Waals surface area contributed by atoms with Crippen molar-refractivity contribution in [3.8, 4) is 11.4 Å². The first-order valence-electron chi connectivity index (χ1n) is 6.16. The van der Waals surface area contributed by atoms with Gasteiger partial charge < -0.3 is 9.72 Å². The van der Waals surface area contributed by atoms with Crippen LogP contribution in [0.2, 0.25) is 5.02 Å². The molecule has 3 rings (SSSR count). The Hall–Kier alpha value is -1.78. The number of fused-ring (bicyclic) bond motifs is 1. The molecule has 102 valence electrons. The fourth-order valence-electron chi connectivity index (χ4n) is 2.32. The van der Waals surface area contributed by atoms with Crippen LogP contribution >= 0.6 is 23.8 Å². The summed E-state index contributed by atoms with van der Waals surface area (Å²) in [5, 5.41) is 0.564. The number of nitrogens with zero attached hydrogens (tertiary/aromatic N) is 1. The van der Waals surface area contributed by atoms with E-state index < -0.39 is 0 Å². The van der Waals surface area contributed by atoms with Crippen LogP contribution in [0.25, 0.3) is 16.7 Å². The molecule has 1 heterocycles. The normalized spacial score (nSPS) is 10.9. The molecular formula is C15H13ClN2OS. The van der Waals surface area contributed by atoms with Crippen LogP contribution in [0.4, 0.5) is 0 Å². The zero-order valence-corrected chi connectivity index (χ0v) is 12.7. The Balaban J connectivity index is 2.30. The summed E-state index contributed by atoms with van der Waals surface area (Å²) in [5.74, 6) is 0.651. The minimum absolute atomic E-state index is 0.564. The fraction of sp³-hybridized carbons (Fsp3) is 0.133. The summed E-state index contributed by atoms with van der Waals surface area (Å²) in [6, 6.07) is 11.7. The second kappa shape index (κ2) is 4.96. The highest BCUT2D eigenvalue weighted by Gasteiger charge is 2.10. The van der Waals surface area contributed by atoms with E-state index >= 15 is 0 Å². The molecule has 0 amide bonds. The Morgan fingerprint density at radius 3 is 2.75 bits per heavy atom. The third-order valence-corrected chi connectivity index (χ3v) is 3.90. The van der Waals surface area contributed by atoms with E-state index in [9.17, 15) is 0 Å². The summed E-state index contributed by atoms with van der Waals surface area (Å²) in [6.07, 6.45) is 0. The Labute approximate surface area is 126 Å². The number of ether oxygens (including phenoxy) is 1. The number of para-hydroxylation sites is 1. The van der Waals surface area contributed by atoms with E-state index in [1.807, 2.05) is 34.9 Å². The average molecular weight is 305 g/mol. The second-order valence-corrected chi connectivity index (χ2v) is 5.35. The maximum absolute atomic E-state index is 6.20. The average Bonchev–Trinajstić information content (AvgIpc) is 2.76. The van der Waals surface area contributed by atoms with Crippen molar-refractivity contribution in [2.75, 3.05) is 7.11 Å². The minimum atomic E-state index is 0.564. The summed E-state index contributed by atoms with van der Waals surface area (Å²) in [6.45, 7) is 2.05. The Bertz CT molecular complexity index is 851.